The molecule has 0 saturated carbocycles. The van der Waals surface area contributed by atoms with Crippen molar-refractivity contribution in [2.75, 3.05) is 11.9 Å². The zero-order chi connectivity index (χ0) is 15.2. The minimum atomic E-state index is 0.517. The first kappa shape index (κ1) is 15.6. The van der Waals surface area contributed by atoms with Crippen LogP contribution in [0.3, 0.4) is 0 Å². The van der Waals surface area contributed by atoms with Gasteiger partial charge in [0.15, 0.2) is 0 Å². The minimum absolute atomic E-state index is 0.517. The van der Waals surface area contributed by atoms with Crippen LogP contribution in [0.2, 0.25) is 0 Å². The molecular weight excluding hydrogens is 256 g/mol. The number of hydrogen-bond acceptors (Lipinski definition) is 2. The Morgan fingerprint density at radius 1 is 1.00 bits per heavy atom. The molecule has 0 fully saturated rings. The van der Waals surface area contributed by atoms with Crippen molar-refractivity contribution in [1.29, 1.82) is 0 Å². The van der Waals surface area contributed by atoms with Crippen LogP contribution in [0.5, 0.6) is 0 Å². The van der Waals surface area contributed by atoms with Crippen molar-refractivity contribution in [3.05, 3.63) is 65.2 Å². The summed E-state index contributed by atoms with van der Waals surface area (Å²) in [6.45, 7) is 8.33. The van der Waals surface area contributed by atoms with E-state index in [1.165, 1.54) is 22.4 Å². The van der Waals surface area contributed by atoms with Gasteiger partial charge in [0.05, 0.1) is 0 Å². The number of aryl methyl sites for hydroxylation is 1. The predicted molar refractivity (Wildman–Crippen MR) is 91.7 cm³/mol. The molecule has 0 unspecified atom stereocenters. The molecule has 2 nitrogen and oxygen atoms in total. The molecule has 2 rings (SSSR count). The number of rotatable bonds is 6. The van der Waals surface area contributed by atoms with Gasteiger partial charge >= 0.3 is 0 Å². The van der Waals surface area contributed by atoms with Gasteiger partial charge in [0, 0.05) is 31.9 Å². The molecule has 0 amide bonds. The first-order chi connectivity index (χ1) is 10.0. The highest BCUT2D eigenvalue weighted by Gasteiger charge is 2.03. The molecule has 0 saturated heterocycles. The Labute approximate surface area is 128 Å². The Kier molecular flexibility index (Phi) is 5.40. The van der Waals surface area contributed by atoms with E-state index in [1.807, 2.05) is 0 Å². The highest BCUT2D eigenvalue weighted by atomic mass is 15.1. The largest absolute Gasteiger partial charge is 0.370 e. The number of hydrogen-bond donors (Lipinski definition) is 1. The summed E-state index contributed by atoms with van der Waals surface area (Å²) in [7, 11) is 2.14. The third-order valence-electron chi connectivity index (χ3n) is 3.60. The van der Waals surface area contributed by atoms with E-state index in [-0.39, 0.29) is 0 Å². The summed E-state index contributed by atoms with van der Waals surface area (Å²) in [5.41, 5.74) is 5.25. The van der Waals surface area contributed by atoms with Crippen LogP contribution in [-0.4, -0.2) is 13.1 Å². The third-order valence-corrected chi connectivity index (χ3v) is 3.60. The number of benzene rings is 2. The Morgan fingerprint density at radius 2 is 1.67 bits per heavy atom. The van der Waals surface area contributed by atoms with Gasteiger partial charge in [-0.15, -0.1) is 0 Å². The molecule has 112 valence electrons. The molecule has 0 atom stereocenters. The molecule has 2 aromatic carbocycles. The van der Waals surface area contributed by atoms with Gasteiger partial charge in [0.25, 0.3) is 0 Å². The van der Waals surface area contributed by atoms with E-state index in [2.05, 4.69) is 86.6 Å². The minimum Gasteiger partial charge on any atom is -0.370 e. The van der Waals surface area contributed by atoms with Gasteiger partial charge < -0.3 is 10.2 Å². The molecular formula is C19H26N2. The lowest BCUT2D eigenvalue weighted by atomic mass is 10.1. The van der Waals surface area contributed by atoms with Crippen LogP contribution >= 0.6 is 0 Å². The molecule has 1 N–H and O–H groups in total. The fourth-order valence-electron chi connectivity index (χ4n) is 2.32. The highest BCUT2D eigenvalue weighted by molar-refractivity contribution is 5.47. The topological polar surface area (TPSA) is 15.3 Å². The van der Waals surface area contributed by atoms with Gasteiger partial charge in [0.2, 0.25) is 0 Å². The lowest BCUT2D eigenvalue weighted by Crippen LogP contribution is -2.22. The molecule has 2 aromatic rings. The van der Waals surface area contributed by atoms with Crippen LogP contribution in [0.25, 0.3) is 0 Å². The molecule has 0 radical (unpaired) electrons. The lowest BCUT2D eigenvalue weighted by Gasteiger charge is -2.20. The monoisotopic (exact) mass is 282 g/mol. The van der Waals surface area contributed by atoms with Gasteiger partial charge in [0.1, 0.15) is 0 Å². The smallest absolute Gasteiger partial charge is 0.0426 e. The first-order valence-corrected chi connectivity index (χ1v) is 7.63. The van der Waals surface area contributed by atoms with Gasteiger partial charge in [-0.3, -0.25) is 0 Å². The second kappa shape index (κ2) is 7.28. The van der Waals surface area contributed by atoms with E-state index in [9.17, 15) is 0 Å². The van der Waals surface area contributed by atoms with Crippen molar-refractivity contribution >= 4 is 5.69 Å². The average Bonchev–Trinajstić information content (AvgIpc) is 2.46. The molecule has 0 aliphatic heterocycles. The Hall–Kier alpha value is -1.80. The van der Waals surface area contributed by atoms with E-state index in [1.54, 1.807) is 0 Å². The molecule has 21 heavy (non-hydrogen) atoms. The third kappa shape index (κ3) is 4.91. The van der Waals surface area contributed by atoms with Crippen LogP contribution in [0.1, 0.15) is 30.5 Å². The van der Waals surface area contributed by atoms with Crippen molar-refractivity contribution in [2.24, 2.45) is 0 Å². The van der Waals surface area contributed by atoms with Crippen molar-refractivity contribution in [3.8, 4) is 0 Å². The molecule has 0 aliphatic rings. The van der Waals surface area contributed by atoms with E-state index in [0.29, 0.717) is 6.04 Å². The van der Waals surface area contributed by atoms with E-state index < -0.39 is 0 Å². The van der Waals surface area contributed by atoms with Crippen molar-refractivity contribution in [1.82, 2.24) is 5.32 Å². The maximum Gasteiger partial charge on any atom is 0.0426 e. The van der Waals surface area contributed by atoms with E-state index in [0.717, 1.165) is 13.1 Å². The summed E-state index contributed by atoms with van der Waals surface area (Å²) in [5.74, 6) is 0. The Balaban J connectivity index is 2.01. The summed E-state index contributed by atoms with van der Waals surface area (Å²) in [6, 6.07) is 18.0. The Morgan fingerprint density at radius 3 is 2.33 bits per heavy atom. The van der Waals surface area contributed by atoms with Crippen LogP contribution < -0.4 is 10.2 Å². The van der Waals surface area contributed by atoms with Crippen molar-refractivity contribution in [3.63, 3.8) is 0 Å². The zero-order valence-electron chi connectivity index (χ0n) is 13.6. The SMILES string of the molecule is Cc1ccc(N(C)Cc2cccc(CNC(C)C)c2)cc1. The second-order valence-electron chi connectivity index (χ2n) is 6.05. The van der Waals surface area contributed by atoms with E-state index in [4.69, 9.17) is 0 Å². The fraction of sp³-hybridized carbons (Fsp3) is 0.368. The number of nitrogens with zero attached hydrogens (tertiary/aromatic N) is 1. The normalized spacial score (nSPS) is 10.9. The number of nitrogens with one attached hydrogen (secondary N) is 1. The maximum atomic E-state index is 3.47. The molecule has 0 bridgehead atoms. The predicted octanol–water partition coefficient (Wildman–Crippen LogP) is 4.13. The number of anilines is 1. The Bertz CT molecular complexity index is 558. The lowest BCUT2D eigenvalue weighted by molar-refractivity contribution is 0.588. The molecule has 2 heteroatoms. The average molecular weight is 282 g/mol. The van der Waals surface area contributed by atoms with Crippen molar-refractivity contribution in [2.45, 2.75) is 39.9 Å². The quantitative estimate of drug-likeness (QED) is 0.857. The van der Waals surface area contributed by atoms with Gasteiger partial charge in [-0.25, -0.2) is 0 Å². The van der Waals surface area contributed by atoms with Crippen LogP contribution in [0, 0.1) is 6.92 Å². The summed E-state index contributed by atoms with van der Waals surface area (Å²) in [6.07, 6.45) is 0. The first-order valence-electron chi connectivity index (χ1n) is 7.63. The van der Waals surface area contributed by atoms with Gasteiger partial charge in [-0.05, 0) is 30.2 Å². The molecule has 0 aromatic heterocycles. The van der Waals surface area contributed by atoms with Gasteiger partial charge in [-0.1, -0.05) is 55.8 Å². The standard InChI is InChI=1S/C19H26N2/c1-15(2)20-13-17-6-5-7-18(12-17)14-21(4)19-10-8-16(3)9-11-19/h5-12,15,20H,13-14H2,1-4H3. The summed E-state index contributed by atoms with van der Waals surface area (Å²) < 4.78 is 0. The maximum absolute atomic E-state index is 3.47. The zero-order valence-corrected chi connectivity index (χ0v) is 13.6. The van der Waals surface area contributed by atoms with Crippen LogP contribution in [0.15, 0.2) is 48.5 Å². The second-order valence-corrected chi connectivity index (χ2v) is 6.05. The van der Waals surface area contributed by atoms with E-state index >= 15 is 0 Å². The van der Waals surface area contributed by atoms with Gasteiger partial charge in [-0.2, -0.15) is 0 Å². The van der Waals surface area contributed by atoms with Crippen LogP contribution in [0.4, 0.5) is 5.69 Å². The summed E-state index contributed by atoms with van der Waals surface area (Å²) in [5, 5.41) is 3.47. The van der Waals surface area contributed by atoms with Crippen LogP contribution in [-0.2, 0) is 13.1 Å². The molecule has 0 spiro atoms. The molecule has 0 heterocycles. The molecule has 0 aliphatic carbocycles. The van der Waals surface area contributed by atoms with Crippen molar-refractivity contribution < 1.29 is 0 Å². The highest BCUT2D eigenvalue weighted by Crippen LogP contribution is 2.16. The summed E-state index contributed by atoms with van der Waals surface area (Å²) in [4.78, 5) is 2.29. The summed E-state index contributed by atoms with van der Waals surface area (Å²) >= 11 is 0. The fourth-order valence-corrected chi connectivity index (χ4v) is 2.32.